The van der Waals surface area contributed by atoms with Crippen LogP contribution in [0, 0.1) is 0 Å². The van der Waals surface area contributed by atoms with Gasteiger partial charge in [-0.2, -0.15) is 0 Å². The van der Waals surface area contributed by atoms with Crippen molar-refractivity contribution in [2.75, 3.05) is 25.2 Å². The van der Waals surface area contributed by atoms with Crippen molar-refractivity contribution in [1.82, 2.24) is 5.32 Å². The molecule has 1 N–H and O–H groups in total. The zero-order chi connectivity index (χ0) is 14.4. The summed E-state index contributed by atoms with van der Waals surface area (Å²) in [4.78, 5) is 12.1. The highest BCUT2D eigenvalue weighted by Gasteiger charge is 2.39. The summed E-state index contributed by atoms with van der Waals surface area (Å²) >= 11 is 0. The molecule has 1 aliphatic rings. The minimum Gasteiger partial charge on any atom is -0.384 e. The topological polar surface area (TPSA) is 55.4 Å². The summed E-state index contributed by atoms with van der Waals surface area (Å²) in [7, 11) is 0.409. The number of benzene rings is 1. The Bertz CT molecular complexity index is 471. The van der Waals surface area contributed by atoms with Gasteiger partial charge in [0.1, 0.15) is 5.75 Å². The highest BCUT2D eigenvalue weighted by atomic mass is 32.2. The van der Waals surface area contributed by atoms with Crippen LogP contribution in [0.15, 0.2) is 30.3 Å². The summed E-state index contributed by atoms with van der Waals surface area (Å²) in [5.41, 5.74) is 0.895. The number of ether oxygens (including phenoxy) is 1. The lowest BCUT2D eigenvalue weighted by molar-refractivity contribution is -0.121. The van der Waals surface area contributed by atoms with E-state index in [0.717, 1.165) is 24.8 Å². The van der Waals surface area contributed by atoms with E-state index in [2.05, 4.69) is 5.32 Å². The molecule has 0 heterocycles. The second kappa shape index (κ2) is 6.99. The maximum atomic E-state index is 12.1. The SMILES string of the molecule is COCCS(=O)CC(=O)NC1(c2ccccc2)CCC1. The Morgan fingerprint density at radius 2 is 2.05 bits per heavy atom. The highest BCUT2D eigenvalue weighted by molar-refractivity contribution is 7.85. The van der Waals surface area contributed by atoms with Crippen molar-refractivity contribution in [3.05, 3.63) is 35.9 Å². The third-order valence-electron chi connectivity index (χ3n) is 3.72. The molecule has 1 aliphatic carbocycles. The van der Waals surface area contributed by atoms with Gasteiger partial charge in [-0.1, -0.05) is 30.3 Å². The predicted molar refractivity (Wildman–Crippen MR) is 79.9 cm³/mol. The van der Waals surface area contributed by atoms with Gasteiger partial charge in [0.05, 0.1) is 12.1 Å². The Morgan fingerprint density at radius 1 is 1.35 bits per heavy atom. The van der Waals surface area contributed by atoms with Crippen LogP contribution in [-0.4, -0.2) is 35.3 Å². The average molecular weight is 295 g/mol. The van der Waals surface area contributed by atoms with Gasteiger partial charge in [-0.3, -0.25) is 9.00 Å². The van der Waals surface area contributed by atoms with Crippen molar-refractivity contribution in [1.29, 1.82) is 0 Å². The van der Waals surface area contributed by atoms with E-state index >= 15 is 0 Å². The molecule has 2 rings (SSSR count). The van der Waals surface area contributed by atoms with Gasteiger partial charge in [0.2, 0.25) is 5.91 Å². The Balaban J connectivity index is 1.94. The molecule has 0 saturated heterocycles. The van der Waals surface area contributed by atoms with Crippen LogP contribution in [0.5, 0.6) is 0 Å². The molecular formula is C15H21NO3S. The molecule has 110 valence electrons. The first-order chi connectivity index (χ1) is 9.66. The second-order valence-electron chi connectivity index (χ2n) is 5.13. The molecule has 0 aliphatic heterocycles. The van der Waals surface area contributed by atoms with Crippen LogP contribution in [0.1, 0.15) is 24.8 Å². The lowest BCUT2D eigenvalue weighted by Crippen LogP contribution is -2.52. The van der Waals surface area contributed by atoms with Crippen LogP contribution < -0.4 is 5.32 Å². The van der Waals surface area contributed by atoms with Crippen molar-refractivity contribution >= 4 is 16.7 Å². The predicted octanol–water partition coefficient (Wildman–Crippen LogP) is 1.58. The van der Waals surface area contributed by atoms with Gasteiger partial charge in [0.15, 0.2) is 0 Å². The van der Waals surface area contributed by atoms with Crippen LogP contribution in [0.4, 0.5) is 0 Å². The van der Waals surface area contributed by atoms with E-state index in [1.54, 1.807) is 7.11 Å². The number of carbonyl (C=O) groups excluding carboxylic acids is 1. The third kappa shape index (κ3) is 3.67. The van der Waals surface area contributed by atoms with Gasteiger partial charge in [0.25, 0.3) is 0 Å². The normalized spacial score (nSPS) is 18.1. The number of hydrogen-bond donors (Lipinski definition) is 1. The number of hydrogen-bond acceptors (Lipinski definition) is 3. The molecule has 1 amide bonds. The number of amides is 1. The van der Waals surface area contributed by atoms with Crippen LogP contribution in [0.25, 0.3) is 0 Å². The Kier molecular flexibility index (Phi) is 5.31. The zero-order valence-corrected chi connectivity index (χ0v) is 12.6. The van der Waals surface area contributed by atoms with Gasteiger partial charge < -0.3 is 10.1 Å². The minimum absolute atomic E-state index is 0.0535. The van der Waals surface area contributed by atoms with Crippen molar-refractivity contribution in [3.8, 4) is 0 Å². The minimum atomic E-state index is -1.16. The Morgan fingerprint density at radius 3 is 2.60 bits per heavy atom. The van der Waals surface area contributed by atoms with E-state index in [1.807, 2.05) is 30.3 Å². The highest BCUT2D eigenvalue weighted by Crippen LogP contribution is 2.41. The molecule has 1 unspecified atom stereocenters. The van der Waals surface area contributed by atoms with Crippen LogP contribution in [-0.2, 0) is 25.9 Å². The Hall–Kier alpha value is -1.20. The molecule has 0 spiro atoms. The number of methoxy groups -OCH3 is 1. The Labute approximate surface area is 122 Å². The van der Waals surface area contributed by atoms with Gasteiger partial charge in [0, 0.05) is 23.7 Å². The van der Waals surface area contributed by atoms with Gasteiger partial charge in [-0.25, -0.2) is 0 Å². The summed E-state index contributed by atoms with van der Waals surface area (Å²) in [6.45, 7) is 0.420. The van der Waals surface area contributed by atoms with E-state index < -0.39 is 10.8 Å². The largest absolute Gasteiger partial charge is 0.384 e. The molecule has 1 saturated carbocycles. The molecule has 1 fully saturated rings. The molecular weight excluding hydrogens is 274 g/mol. The first-order valence-electron chi connectivity index (χ1n) is 6.87. The fourth-order valence-electron chi connectivity index (χ4n) is 2.47. The molecule has 1 aromatic rings. The second-order valence-corrected chi connectivity index (χ2v) is 6.71. The molecule has 0 aromatic heterocycles. The van der Waals surface area contributed by atoms with Gasteiger partial charge in [-0.05, 0) is 24.8 Å². The van der Waals surface area contributed by atoms with E-state index in [1.165, 1.54) is 0 Å². The first kappa shape index (κ1) is 15.2. The van der Waals surface area contributed by atoms with Crippen molar-refractivity contribution < 1.29 is 13.7 Å². The first-order valence-corrected chi connectivity index (χ1v) is 8.35. The zero-order valence-electron chi connectivity index (χ0n) is 11.8. The molecule has 20 heavy (non-hydrogen) atoms. The van der Waals surface area contributed by atoms with Crippen LogP contribution in [0.3, 0.4) is 0 Å². The molecule has 0 radical (unpaired) electrons. The molecule has 0 bridgehead atoms. The molecule has 1 aromatic carbocycles. The summed E-state index contributed by atoms with van der Waals surface area (Å²) in [5.74, 6) is 0.322. The van der Waals surface area contributed by atoms with Crippen molar-refractivity contribution in [2.24, 2.45) is 0 Å². The molecule has 1 atom stereocenters. The lowest BCUT2D eigenvalue weighted by Gasteiger charge is -2.43. The molecule has 4 nitrogen and oxygen atoms in total. The van der Waals surface area contributed by atoms with E-state index in [0.29, 0.717) is 12.4 Å². The third-order valence-corrected chi connectivity index (χ3v) is 4.93. The maximum absolute atomic E-state index is 12.1. The quantitative estimate of drug-likeness (QED) is 0.831. The van der Waals surface area contributed by atoms with Crippen LogP contribution >= 0.6 is 0 Å². The number of carbonyl (C=O) groups is 1. The average Bonchev–Trinajstić information content (AvgIpc) is 2.41. The van der Waals surface area contributed by atoms with Crippen LogP contribution in [0.2, 0.25) is 0 Å². The van der Waals surface area contributed by atoms with Gasteiger partial charge in [-0.15, -0.1) is 0 Å². The van der Waals surface area contributed by atoms with E-state index in [4.69, 9.17) is 4.74 Å². The van der Waals surface area contributed by atoms with Crippen molar-refractivity contribution in [2.45, 2.75) is 24.8 Å². The van der Waals surface area contributed by atoms with Crippen molar-refractivity contribution in [3.63, 3.8) is 0 Å². The fraction of sp³-hybridized carbons (Fsp3) is 0.533. The summed E-state index contributed by atoms with van der Waals surface area (Å²) < 4.78 is 16.6. The summed E-state index contributed by atoms with van der Waals surface area (Å²) in [5, 5.41) is 3.08. The van der Waals surface area contributed by atoms with E-state index in [-0.39, 0.29) is 17.2 Å². The standard InChI is InChI=1S/C15H21NO3S/c1-19-10-11-20(18)12-14(17)16-15(8-5-9-15)13-6-3-2-4-7-13/h2-4,6-7H,5,8-12H2,1H3,(H,16,17). The number of nitrogens with one attached hydrogen (secondary N) is 1. The lowest BCUT2D eigenvalue weighted by atomic mass is 9.72. The molecule has 5 heteroatoms. The fourth-order valence-corrected chi connectivity index (χ4v) is 3.33. The maximum Gasteiger partial charge on any atom is 0.233 e. The smallest absolute Gasteiger partial charge is 0.233 e. The summed E-state index contributed by atoms with van der Waals surface area (Å²) in [6, 6.07) is 10.0. The van der Waals surface area contributed by atoms with E-state index in [9.17, 15) is 9.00 Å². The monoisotopic (exact) mass is 295 g/mol. The number of rotatable bonds is 7. The summed E-state index contributed by atoms with van der Waals surface area (Å²) in [6.07, 6.45) is 3.02. The van der Waals surface area contributed by atoms with Gasteiger partial charge >= 0.3 is 0 Å².